The highest BCUT2D eigenvalue weighted by molar-refractivity contribution is 5.67. The number of hydrogen-bond acceptors (Lipinski definition) is 3. The Labute approximate surface area is 92.0 Å². The van der Waals surface area contributed by atoms with Crippen molar-refractivity contribution < 1.29 is 19.0 Å². The average Bonchev–Trinajstić information content (AvgIpc) is 2.27. The van der Waals surface area contributed by atoms with Crippen molar-refractivity contribution in [2.24, 2.45) is 0 Å². The maximum atomic E-state index is 13.4. The Bertz CT molecular complexity index is 408. The average molecular weight is 225 g/mol. The molecule has 0 aromatic heterocycles. The molecule has 0 bridgehead atoms. The topological polar surface area (TPSA) is 58.6 Å². The molecule has 1 aliphatic rings. The van der Waals surface area contributed by atoms with E-state index in [1.54, 1.807) is 12.1 Å². The van der Waals surface area contributed by atoms with Gasteiger partial charge in [0.25, 0.3) is 0 Å². The lowest BCUT2D eigenvalue weighted by Crippen LogP contribution is -2.32. The van der Waals surface area contributed by atoms with E-state index in [0.717, 1.165) is 0 Å². The number of nitrogens with one attached hydrogen (secondary N) is 1. The quantitative estimate of drug-likeness (QED) is 0.824. The van der Waals surface area contributed by atoms with Crippen LogP contribution < -0.4 is 10.1 Å². The molecule has 0 fully saturated rings. The van der Waals surface area contributed by atoms with E-state index in [9.17, 15) is 9.18 Å². The molecule has 4 nitrogen and oxygen atoms in total. The number of carboxylic acids is 1. The summed E-state index contributed by atoms with van der Waals surface area (Å²) < 4.78 is 18.7. The molecule has 1 aromatic rings. The minimum atomic E-state index is -0.860. The minimum Gasteiger partial charge on any atom is -0.489 e. The first-order valence-electron chi connectivity index (χ1n) is 5.06. The Morgan fingerprint density at radius 3 is 3.19 bits per heavy atom. The molecule has 5 heteroatoms. The zero-order valence-electron chi connectivity index (χ0n) is 8.57. The summed E-state index contributed by atoms with van der Waals surface area (Å²) in [5.74, 6) is -0.759. The highest BCUT2D eigenvalue weighted by atomic mass is 19.1. The van der Waals surface area contributed by atoms with Gasteiger partial charge in [-0.15, -0.1) is 0 Å². The normalized spacial score (nSPS) is 18.2. The molecule has 2 rings (SSSR count). The number of hydrogen-bond donors (Lipinski definition) is 2. The lowest BCUT2D eigenvalue weighted by atomic mass is 10.1. The van der Waals surface area contributed by atoms with Crippen LogP contribution in [0.25, 0.3) is 0 Å². The number of ether oxygens (including phenoxy) is 1. The molecule has 0 saturated carbocycles. The van der Waals surface area contributed by atoms with E-state index in [1.165, 1.54) is 6.07 Å². The van der Waals surface area contributed by atoms with Gasteiger partial charge in [0.1, 0.15) is 23.9 Å². The molecule has 0 amide bonds. The van der Waals surface area contributed by atoms with Gasteiger partial charge in [0, 0.05) is 6.42 Å². The van der Waals surface area contributed by atoms with Crippen molar-refractivity contribution in [3.05, 3.63) is 24.0 Å². The van der Waals surface area contributed by atoms with Crippen molar-refractivity contribution in [1.29, 1.82) is 0 Å². The first-order valence-corrected chi connectivity index (χ1v) is 5.06. The molecule has 1 atom stereocenters. The van der Waals surface area contributed by atoms with E-state index in [1.807, 2.05) is 0 Å². The minimum absolute atomic E-state index is 0.0464. The summed E-state index contributed by atoms with van der Waals surface area (Å²) in [6.45, 7) is 0.365. The summed E-state index contributed by atoms with van der Waals surface area (Å²) in [7, 11) is 0. The molecule has 1 unspecified atom stereocenters. The number of aliphatic carboxylic acids is 1. The van der Waals surface area contributed by atoms with Gasteiger partial charge in [-0.25, -0.2) is 4.39 Å². The van der Waals surface area contributed by atoms with E-state index in [2.05, 4.69) is 5.32 Å². The van der Waals surface area contributed by atoms with Gasteiger partial charge in [-0.1, -0.05) is 6.07 Å². The molecule has 0 saturated heterocycles. The number of carbonyl (C=O) groups is 1. The molecule has 0 spiro atoms. The fourth-order valence-electron chi connectivity index (χ4n) is 1.65. The molecule has 1 aliphatic heterocycles. The van der Waals surface area contributed by atoms with Crippen molar-refractivity contribution in [1.82, 2.24) is 0 Å². The highest BCUT2D eigenvalue weighted by Gasteiger charge is 2.21. The second kappa shape index (κ2) is 4.38. The number of benzene rings is 1. The van der Waals surface area contributed by atoms with Gasteiger partial charge in [0.15, 0.2) is 0 Å². The standard InChI is InChI=1S/C11H12FNO3/c12-8-2-1-3-9-11(8)13-7(6-16-9)4-5-10(14)15/h1-3,7,13H,4-6H2,(H,14,15). The summed E-state index contributed by atoms with van der Waals surface area (Å²) in [6.07, 6.45) is 0.466. The van der Waals surface area contributed by atoms with Crippen LogP contribution in [-0.4, -0.2) is 23.7 Å². The maximum Gasteiger partial charge on any atom is 0.303 e. The lowest BCUT2D eigenvalue weighted by molar-refractivity contribution is -0.137. The van der Waals surface area contributed by atoms with Crippen LogP contribution in [0.2, 0.25) is 0 Å². The van der Waals surface area contributed by atoms with E-state index in [4.69, 9.17) is 9.84 Å². The molecule has 86 valence electrons. The first-order chi connectivity index (χ1) is 7.66. The van der Waals surface area contributed by atoms with Crippen molar-refractivity contribution in [2.75, 3.05) is 11.9 Å². The van der Waals surface area contributed by atoms with Crippen LogP contribution in [0.5, 0.6) is 5.75 Å². The number of anilines is 1. The van der Waals surface area contributed by atoms with Gasteiger partial charge in [-0.3, -0.25) is 4.79 Å². The highest BCUT2D eigenvalue weighted by Crippen LogP contribution is 2.31. The van der Waals surface area contributed by atoms with Gasteiger partial charge in [0.05, 0.1) is 6.04 Å². The number of carboxylic acid groups (broad SMARTS) is 1. The maximum absolute atomic E-state index is 13.4. The summed E-state index contributed by atoms with van der Waals surface area (Å²) in [4.78, 5) is 10.4. The summed E-state index contributed by atoms with van der Waals surface area (Å²) >= 11 is 0. The van der Waals surface area contributed by atoms with Gasteiger partial charge in [-0.05, 0) is 18.6 Å². The van der Waals surface area contributed by atoms with Crippen LogP contribution in [0.1, 0.15) is 12.8 Å². The molecule has 0 aliphatic carbocycles. The van der Waals surface area contributed by atoms with Gasteiger partial charge in [-0.2, -0.15) is 0 Å². The zero-order valence-corrected chi connectivity index (χ0v) is 8.57. The van der Waals surface area contributed by atoms with Crippen LogP contribution >= 0.6 is 0 Å². The molecule has 0 radical (unpaired) electrons. The second-order valence-electron chi connectivity index (χ2n) is 3.70. The summed E-state index contributed by atoms with van der Waals surface area (Å²) in [5, 5.41) is 11.5. The summed E-state index contributed by atoms with van der Waals surface area (Å²) in [6, 6.07) is 4.45. The van der Waals surface area contributed by atoms with Crippen LogP contribution in [0.15, 0.2) is 18.2 Å². The number of fused-ring (bicyclic) bond motifs is 1. The third-order valence-corrected chi connectivity index (χ3v) is 2.47. The van der Waals surface area contributed by atoms with E-state index in [-0.39, 0.29) is 18.3 Å². The van der Waals surface area contributed by atoms with Gasteiger partial charge < -0.3 is 15.2 Å². The molecule has 2 N–H and O–H groups in total. The fourth-order valence-corrected chi connectivity index (χ4v) is 1.65. The fraction of sp³-hybridized carbons (Fsp3) is 0.364. The van der Waals surface area contributed by atoms with Gasteiger partial charge >= 0.3 is 5.97 Å². The Morgan fingerprint density at radius 1 is 1.62 bits per heavy atom. The predicted molar refractivity (Wildman–Crippen MR) is 56.2 cm³/mol. The van der Waals surface area contributed by atoms with E-state index < -0.39 is 5.97 Å². The monoisotopic (exact) mass is 225 g/mol. The molecule has 16 heavy (non-hydrogen) atoms. The lowest BCUT2D eigenvalue weighted by Gasteiger charge is -2.27. The second-order valence-corrected chi connectivity index (χ2v) is 3.70. The number of halogens is 1. The SMILES string of the molecule is O=C(O)CCC1COc2cccc(F)c2N1. The molecular formula is C11H12FNO3. The predicted octanol–water partition coefficient (Wildman–Crippen LogP) is 1.86. The first kappa shape index (κ1) is 10.7. The Hall–Kier alpha value is -1.78. The van der Waals surface area contributed by atoms with E-state index >= 15 is 0 Å². The van der Waals surface area contributed by atoms with Crippen molar-refractivity contribution >= 4 is 11.7 Å². The van der Waals surface area contributed by atoms with Gasteiger partial charge in [0.2, 0.25) is 0 Å². The van der Waals surface area contributed by atoms with Crippen molar-refractivity contribution in [3.63, 3.8) is 0 Å². The Morgan fingerprint density at radius 2 is 2.44 bits per heavy atom. The van der Waals surface area contributed by atoms with Crippen LogP contribution in [0, 0.1) is 5.82 Å². The van der Waals surface area contributed by atoms with Crippen molar-refractivity contribution in [2.45, 2.75) is 18.9 Å². The summed E-state index contributed by atoms with van der Waals surface area (Å²) in [5.41, 5.74) is 0.323. The Kier molecular flexibility index (Phi) is 2.94. The van der Waals surface area contributed by atoms with Crippen LogP contribution in [0.3, 0.4) is 0 Å². The third-order valence-electron chi connectivity index (χ3n) is 2.47. The number of para-hydroxylation sites is 1. The Balaban J connectivity index is 2.05. The molecular weight excluding hydrogens is 213 g/mol. The molecule has 1 heterocycles. The molecule has 1 aromatic carbocycles. The van der Waals surface area contributed by atoms with Crippen molar-refractivity contribution in [3.8, 4) is 5.75 Å². The zero-order chi connectivity index (χ0) is 11.5. The van der Waals surface area contributed by atoms with Crippen LogP contribution in [-0.2, 0) is 4.79 Å². The van der Waals surface area contributed by atoms with E-state index in [0.29, 0.717) is 24.5 Å². The smallest absolute Gasteiger partial charge is 0.303 e. The van der Waals surface area contributed by atoms with Crippen LogP contribution in [0.4, 0.5) is 10.1 Å². The number of rotatable bonds is 3. The largest absolute Gasteiger partial charge is 0.489 e. The third kappa shape index (κ3) is 2.24.